The first-order valence-corrected chi connectivity index (χ1v) is 5.90. The molecule has 2 aromatic rings. The molecule has 0 fully saturated rings. The molecule has 0 saturated carbocycles. The van der Waals surface area contributed by atoms with Crippen LogP contribution in [0.2, 0.25) is 0 Å². The summed E-state index contributed by atoms with van der Waals surface area (Å²) in [7, 11) is 0. The van der Waals surface area contributed by atoms with Gasteiger partial charge in [-0.2, -0.15) is 0 Å². The van der Waals surface area contributed by atoms with Crippen molar-refractivity contribution in [2.75, 3.05) is 5.32 Å². The number of amides is 1. The van der Waals surface area contributed by atoms with Crippen LogP contribution in [0.3, 0.4) is 0 Å². The van der Waals surface area contributed by atoms with Crippen LogP contribution in [0.25, 0.3) is 10.8 Å². The molecule has 18 heavy (non-hydrogen) atoms. The first kappa shape index (κ1) is 12.6. The van der Waals surface area contributed by atoms with Gasteiger partial charge in [-0.15, -0.1) is 0 Å². The molecule has 0 bridgehead atoms. The van der Waals surface area contributed by atoms with Crippen molar-refractivity contribution in [3.8, 4) is 0 Å². The molecule has 0 atom stereocenters. The molecular formula is C15H17NO2. The molecule has 0 aliphatic rings. The van der Waals surface area contributed by atoms with Crippen LogP contribution in [0.1, 0.15) is 19.4 Å². The lowest BCUT2D eigenvalue weighted by Crippen LogP contribution is -2.36. The van der Waals surface area contributed by atoms with Crippen molar-refractivity contribution in [3.05, 3.63) is 42.0 Å². The maximum atomic E-state index is 11.7. The maximum Gasteiger partial charge on any atom is 0.255 e. The second kappa shape index (κ2) is 4.42. The zero-order chi connectivity index (χ0) is 13.3. The number of carbonyl (C=O) groups is 1. The van der Waals surface area contributed by atoms with Crippen LogP contribution in [0.15, 0.2) is 36.4 Å². The van der Waals surface area contributed by atoms with Crippen LogP contribution >= 0.6 is 0 Å². The average Bonchev–Trinajstić information content (AvgIpc) is 2.28. The quantitative estimate of drug-likeness (QED) is 0.852. The molecular weight excluding hydrogens is 226 g/mol. The van der Waals surface area contributed by atoms with Crippen LogP contribution in [-0.4, -0.2) is 16.6 Å². The first-order chi connectivity index (χ1) is 8.36. The number of benzene rings is 2. The van der Waals surface area contributed by atoms with Gasteiger partial charge in [-0.05, 0) is 43.7 Å². The highest BCUT2D eigenvalue weighted by Gasteiger charge is 2.23. The molecule has 2 N–H and O–H groups in total. The number of hydrogen-bond donors (Lipinski definition) is 2. The van der Waals surface area contributed by atoms with E-state index in [4.69, 9.17) is 0 Å². The monoisotopic (exact) mass is 243 g/mol. The summed E-state index contributed by atoms with van der Waals surface area (Å²) in [6, 6.07) is 11.8. The van der Waals surface area contributed by atoms with Crippen molar-refractivity contribution in [2.45, 2.75) is 26.4 Å². The van der Waals surface area contributed by atoms with Crippen molar-refractivity contribution in [3.63, 3.8) is 0 Å². The fraction of sp³-hybridized carbons (Fsp3) is 0.267. The van der Waals surface area contributed by atoms with Gasteiger partial charge in [0.05, 0.1) is 0 Å². The normalized spacial score (nSPS) is 11.6. The molecule has 0 aliphatic carbocycles. The lowest BCUT2D eigenvalue weighted by molar-refractivity contribution is -0.130. The second-order valence-corrected chi connectivity index (χ2v) is 5.08. The van der Waals surface area contributed by atoms with Crippen LogP contribution in [0.4, 0.5) is 5.69 Å². The summed E-state index contributed by atoms with van der Waals surface area (Å²) in [5, 5.41) is 14.5. The molecule has 94 valence electrons. The number of rotatable bonds is 2. The van der Waals surface area contributed by atoms with E-state index in [-0.39, 0.29) is 0 Å². The highest BCUT2D eigenvalue weighted by Crippen LogP contribution is 2.21. The zero-order valence-electron chi connectivity index (χ0n) is 10.8. The summed E-state index contributed by atoms with van der Waals surface area (Å²) in [6.45, 7) is 4.98. The predicted molar refractivity (Wildman–Crippen MR) is 73.6 cm³/mol. The second-order valence-electron chi connectivity index (χ2n) is 5.08. The number of nitrogens with one attached hydrogen (secondary N) is 1. The van der Waals surface area contributed by atoms with E-state index in [1.54, 1.807) is 0 Å². The standard InChI is InChI=1S/C15H17NO2/c1-10-4-5-12-9-13(7-6-11(12)8-10)16-14(17)15(2,3)18/h4-9,18H,1-3H3,(H,16,17). The Balaban J connectivity index is 2.31. The van der Waals surface area contributed by atoms with Gasteiger partial charge in [0.15, 0.2) is 0 Å². The number of hydrogen-bond acceptors (Lipinski definition) is 2. The Kier molecular flexibility index (Phi) is 3.09. The van der Waals surface area contributed by atoms with E-state index in [1.807, 2.05) is 37.3 Å². The molecule has 0 unspecified atom stereocenters. The van der Waals surface area contributed by atoms with E-state index in [9.17, 15) is 9.90 Å². The third-order valence-corrected chi connectivity index (χ3v) is 2.81. The Morgan fingerprint density at radius 3 is 2.39 bits per heavy atom. The van der Waals surface area contributed by atoms with Crippen molar-refractivity contribution >= 4 is 22.4 Å². The lowest BCUT2D eigenvalue weighted by atomic mass is 10.1. The summed E-state index contributed by atoms with van der Waals surface area (Å²) in [5.41, 5.74) is 0.525. The molecule has 2 aromatic carbocycles. The Morgan fingerprint density at radius 2 is 1.72 bits per heavy atom. The van der Waals surface area contributed by atoms with Gasteiger partial charge >= 0.3 is 0 Å². The van der Waals surface area contributed by atoms with E-state index in [1.165, 1.54) is 19.4 Å². The Hall–Kier alpha value is -1.87. The van der Waals surface area contributed by atoms with Crippen LogP contribution in [0, 0.1) is 6.92 Å². The van der Waals surface area contributed by atoms with Gasteiger partial charge in [0.1, 0.15) is 5.60 Å². The number of aliphatic hydroxyl groups is 1. The minimum Gasteiger partial charge on any atom is -0.381 e. The summed E-state index contributed by atoms with van der Waals surface area (Å²) in [5.74, 6) is -0.408. The van der Waals surface area contributed by atoms with Crippen LogP contribution in [0.5, 0.6) is 0 Å². The van der Waals surface area contributed by atoms with Crippen LogP contribution < -0.4 is 5.32 Å². The maximum absolute atomic E-state index is 11.7. The molecule has 0 spiro atoms. The topological polar surface area (TPSA) is 49.3 Å². The third kappa shape index (κ3) is 2.68. The van der Waals surface area contributed by atoms with Gasteiger partial charge in [-0.3, -0.25) is 4.79 Å². The minimum atomic E-state index is -1.37. The number of anilines is 1. The van der Waals surface area contributed by atoms with Crippen molar-refractivity contribution in [2.24, 2.45) is 0 Å². The fourth-order valence-corrected chi connectivity index (χ4v) is 1.73. The van der Waals surface area contributed by atoms with Crippen molar-refractivity contribution in [1.82, 2.24) is 0 Å². The SMILES string of the molecule is Cc1ccc2cc(NC(=O)C(C)(C)O)ccc2c1. The molecule has 0 saturated heterocycles. The number of fused-ring (bicyclic) bond motifs is 1. The summed E-state index contributed by atoms with van der Waals surface area (Å²) in [4.78, 5) is 11.7. The smallest absolute Gasteiger partial charge is 0.255 e. The predicted octanol–water partition coefficient (Wildman–Crippen LogP) is 2.86. The lowest BCUT2D eigenvalue weighted by Gasteiger charge is -2.16. The molecule has 1 amide bonds. The zero-order valence-corrected chi connectivity index (χ0v) is 10.8. The van der Waals surface area contributed by atoms with Gasteiger partial charge in [0, 0.05) is 5.69 Å². The molecule has 0 aliphatic heterocycles. The Morgan fingerprint density at radius 1 is 1.11 bits per heavy atom. The van der Waals surface area contributed by atoms with Crippen molar-refractivity contribution in [1.29, 1.82) is 0 Å². The van der Waals surface area contributed by atoms with E-state index in [2.05, 4.69) is 11.4 Å². The highest BCUT2D eigenvalue weighted by molar-refractivity contribution is 5.98. The molecule has 0 radical (unpaired) electrons. The Bertz CT molecular complexity index is 597. The van der Waals surface area contributed by atoms with E-state index >= 15 is 0 Å². The van der Waals surface area contributed by atoms with Gasteiger partial charge in [-0.25, -0.2) is 0 Å². The van der Waals surface area contributed by atoms with E-state index in [0.29, 0.717) is 5.69 Å². The number of aryl methyl sites for hydroxylation is 1. The molecule has 0 aromatic heterocycles. The van der Waals surface area contributed by atoms with Gasteiger partial charge in [0.25, 0.3) is 5.91 Å². The highest BCUT2D eigenvalue weighted by atomic mass is 16.3. The fourth-order valence-electron chi connectivity index (χ4n) is 1.73. The molecule has 2 rings (SSSR count). The van der Waals surface area contributed by atoms with Crippen molar-refractivity contribution < 1.29 is 9.90 Å². The van der Waals surface area contributed by atoms with Gasteiger partial charge < -0.3 is 10.4 Å². The van der Waals surface area contributed by atoms with E-state index < -0.39 is 11.5 Å². The van der Waals surface area contributed by atoms with Gasteiger partial charge in [0.2, 0.25) is 0 Å². The third-order valence-electron chi connectivity index (χ3n) is 2.81. The largest absolute Gasteiger partial charge is 0.381 e. The average molecular weight is 243 g/mol. The summed E-state index contributed by atoms with van der Waals surface area (Å²) in [6.07, 6.45) is 0. The Labute approximate surface area is 106 Å². The molecule has 3 nitrogen and oxygen atoms in total. The van der Waals surface area contributed by atoms with Gasteiger partial charge in [-0.1, -0.05) is 29.8 Å². The summed E-state index contributed by atoms with van der Waals surface area (Å²) >= 11 is 0. The van der Waals surface area contributed by atoms with Crippen LogP contribution in [-0.2, 0) is 4.79 Å². The minimum absolute atomic E-state index is 0.408. The molecule has 0 heterocycles. The number of carbonyl (C=O) groups excluding carboxylic acids is 1. The first-order valence-electron chi connectivity index (χ1n) is 5.90. The molecule has 3 heteroatoms. The van der Waals surface area contributed by atoms with E-state index in [0.717, 1.165) is 10.8 Å². The summed E-state index contributed by atoms with van der Waals surface area (Å²) < 4.78 is 0.